The number of aromatic nitrogens is 8. The van der Waals surface area contributed by atoms with Crippen LogP contribution in [0.5, 0.6) is 23.0 Å². The van der Waals surface area contributed by atoms with Crippen LogP contribution < -0.4 is 30.2 Å². The fourth-order valence-corrected chi connectivity index (χ4v) is 13.7. The minimum absolute atomic E-state index is 0.518. The zero-order valence-corrected chi connectivity index (χ0v) is 34.4. The van der Waals surface area contributed by atoms with Crippen LogP contribution in [0.4, 0.5) is 0 Å². The first-order valence-corrected chi connectivity index (χ1v) is 22.5. The predicted molar refractivity (Wildman–Crippen MR) is 245 cm³/mol. The molecule has 0 amide bonds. The van der Waals surface area contributed by atoms with E-state index in [9.17, 15) is 0 Å². The van der Waals surface area contributed by atoms with Crippen molar-refractivity contribution in [3.05, 3.63) is 195 Å². The van der Waals surface area contributed by atoms with E-state index in [1.54, 1.807) is 24.8 Å². The van der Waals surface area contributed by atoms with Gasteiger partial charge in [-0.3, -0.25) is 9.97 Å². The third-order valence-corrected chi connectivity index (χ3v) is 16.4. The highest BCUT2D eigenvalue weighted by Crippen LogP contribution is 2.39. The molecule has 296 valence electrons. The fourth-order valence-electron chi connectivity index (χ4n) is 8.65. The van der Waals surface area contributed by atoms with Crippen molar-refractivity contribution in [2.75, 3.05) is 0 Å². The van der Waals surface area contributed by atoms with Gasteiger partial charge in [-0.05, 0) is 69.3 Å². The zero-order valence-electron chi connectivity index (χ0n) is 33.4. The lowest BCUT2D eigenvalue weighted by atomic mass is 10.1. The maximum atomic E-state index is 6.92. The van der Waals surface area contributed by atoms with Crippen molar-refractivity contribution in [3.8, 4) is 91.3 Å². The van der Waals surface area contributed by atoms with Gasteiger partial charge in [0.25, 0.3) is 0 Å². The van der Waals surface area contributed by atoms with E-state index in [1.165, 1.54) is 0 Å². The molecule has 0 saturated carbocycles. The fraction of sp³-hybridized carbons (Fsp3) is 0. The molecule has 0 aliphatic carbocycles. The van der Waals surface area contributed by atoms with Crippen LogP contribution >= 0.6 is 0 Å². The van der Waals surface area contributed by atoms with Crippen molar-refractivity contribution in [2.45, 2.75) is 0 Å². The summed E-state index contributed by atoms with van der Waals surface area (Å²) in [6, 6.07) is 57.1. The summed E-state index contributed by atoms with van der Waals surface area (Å²) in [7, 11) is -3.12. The van der Waals surface area contributed by atoms with E-state index in [0.717, 1.165) is 77.1 Å². The molecule has 6 heterocycles. The third kappa shape index (κ3) is 6.17. The molecule has 0 radical (unpaired) electrons. The summed E-state index contributed by atoms with van der Waals surface area (Å²) in [5.74, 6) is 6.41. The first-order chi connectivity index (χ1) is 31.2. The number of pyridine rings is 2. The lowest BCUT2D eigenvalue weighted by Gasteiger charge is -2.43. The molecule has 1 spiro atoms. The van der Waals surface area contributed by atoms with Crippen LogP contribution in [0, 0.1) is 0 Å². The van der Waals surface area contributed by atoms with Gasteiger partial charge in [0.15, 0.2) is 43.0 Å². The molecule has 0 saturated heterocycles. The molecule has 0 bridgehead atoms. The molecule has 2 aliphatic rings. The summed E-state index contributed by atoms with van der Waals surface area (Å²) in [4.78, 5) is 38.3. The van der Waals surface area contributed by atoms with Crippen LogP contribution in [0.1, 0.15) is 0 Å². The maximum absolute atomic E-state index is 6.92. The molecule has 0 fully saturated rings. The van der Waals surface area contributed by atoms with Crippen molar-refractivity contribution < 1.29 is 9.47 Å². The van der Waals surface area contributed by atoms with E-state index in [2.05, 4.69) is 82.8 Å². The Bertz CT molecular complexity index is 3020. The first-order valence-electron chi connectivity index (χ1n) is 20.5. The first kappa shape index (κ1) is 36.3. The Morgan fingerprint density at radius 1 is 0.270 bits per heavy atom. The lowest BCUT2D eigenvalue weighted by Crippen LogP contribution is -2.77. The lowest BCUT2D eigenvalue weighted by molar-refractivity contribution is 0.482. The van der Waals surface area contributed by atoms with E-state index in [4.69, 9.17) is 39.4 Å². The smallest absolute Gasteiger partial charge is 0.196 e. The van der Waals surface area contributed by atoms with E-state index in [-0.39, 0.29) is 0 Å². The second-order valence-corrected chi connectivity index (χ2v) is 18.8. The second kappa shape index (κ2) is 14.9. The SMILES string of the molecule is c1ccc(-c2nc(-c3ccccc3)nc(-c3ccc4c(c3)Oc3ccccc3[Si]43c4ccccc4Oc4cc(-c5nc(-c6ccncc6)nc(-c6ccncc6)n5)ccc43)n2)cc1. The van der Waals surface area contributed by atoms with E-state index < -0.39 is 8.07 Å². The number of benzene rings is 6. The Hall–Kier alpha value is -8.54. The molecule has 6 aromatic carbocycles. The number of para-hydroxylation sites is 2. The molecule has 10 nitrogen and oxygen atoms in total. The highest BCUT2D eigenvalue weighted by molar-refractivity contribution is 7.21. The molecule has 2 aliphatic heterocycles. The van der Waals surface area contributed by atoms with E-state index in [0.29, 0.717) is 34.9 Å². The number of nitrogens with zero attached hydrogens (tertiary/aromatic N) is 8. The van der Waals surface area contributed by atoms with Crippen LogP contribution in [0.3, 0.4) is 0 Å². The topological polar surface area (TPSA) is 122 Å². The van der Waals surface area contributed by atoms with Gasteiger partial charge in [-0.2, -0.15) is 0 Å². The summed E-state index contributed by atoms with van der Waals surface area (Å²) in [6.45, 7) is 0. The number of hydrogen-bond acceptors (Lipinski definition) is 10. The van der Waals surface area contributed by atoms with Gasteiger partial charge in [0.1, 0.15) is 23.0 Å². The van der Waals surface area contributed by atoms with Gasteiger partial charge >= 0.3 is 0 Å². The minimum Gasteiger partial charge on any atom is -0.458 e. The highest BCUT2D eigenvalue weighted by Gasteiger charge is 2.53. The Balaban J connectivity index is 1.05. The molecule has 0 N–H and O–H groups in total. The number of rotatable bonds is 6. The quantitative estimate of drug-likeness (QED) is 0.151. The summed E-state index contributed by atoms with van der Waals surface area (Å²) >= 11 is 0. The van der Waals surface area contributed by atoms with Crippen molar-refractivity contribution in [1.82, 2.24) is 39.9 Å². The average molecular weight is 829 g/mol. The van der Waals surface area contributed by atoms with Crippen molar-refractivity contribution in [1.29, 1.82) is 0 Å². The largest absolute Gasteiger partial charge is 0.458 e. The zero-order chi connectivity index (χ0) is 41.7. The Kier molecular flexibility index (Phi) is 8.57. The van der Waals surface area contributed by atoms with Crippen LogP contribution in [0.15, 0.2) is 195 Å². The van der Waals surface area contributed by atoms with Crippen LogP contribution in [-0.2, 0) is 0 Å². The van der Waals surface area contributed by atoms with Crippen LogP contribution in [-0.4, -0.2) is 47.9 Å². The molecule has 1 atom stereocenters. The summed E-state index contributed by atoms with van der Waals surface area (Å²) in [6.07, 6.45) is 6.94. The summed E-state index contributed by atoms with van der Waals surface area (Å²) in [5, 5.41) is 4.45. The maximum Gasteiger partial charge on any atom is 0.196 e. The normalized spacial score (nSPS) is 14.3. The van der Waals surface area contributed by atoms with Crippen molar-refractivity contribution in [2.24, 2.45) is 0 Å². The van der Waals surface area contributed by atoms with Crippen molar-refractivity contribution in [3.63, 3.8) is 0 Å². The Labute approximate surface area is 362 Å². The number of hydrogen-bond donors (Lipinski definition) is 0. The number of fused-ring (bicyclic) bond motifs is 8. The predicted octanol–water partition coefficient (Wildman–Crippen LogP) is 8.44. The molecule has 4 aromatic heterocycles. The molecule has 12 rings (SSSR count). The highest BCUT2D eigenvalue weighted by atomic mass is 28.3. The minimum atomic E-state index is -3.12. The molecular weight excluding hydrogens is 797 g/mol. The number of ether oxygens (including phenoxy) is 2. The molecule has 11 heteroatoms. The van der Waals surface area contributed by atoms with Gasteiger partial charge in [0.05, 0.1) is 0 Å². The molecule has 10 aromatic rings. The molecule has 63 heavy (non-hydrogen) atoms. The van der Waals surface area contributed by atoms with Gasteiger partial charge in [0, 0.05) is 58.2 Å². The van der Waals surface area contributed by atoms with Gasteiger partial charge in [-0.15, -0.1) is 0 Å². The molecule has 1 unspecified atom stereocenters. The average Bonchev–Trinajstić information content (AvgIpc) is 3.36. The van der Waals surface area contributed by atoms with E-state index in [1.807, 2.05) is 97.1 Å². The van der Waals surface area contributed by atoms with Crippen LogP contribution in [0.2, 0.25) is 0 Å². The Morgan fingerprint density at radius 3 is 0.984 bits per heavy atom. The summed E-state index contributed by atoms with van der Waals surface area (Å²) < 4.78 is 13.8. The van der Waals surface area contributed by atoms with Crippen molar-refractivity contribution >= 4 is 28.8 Å². The van der Waals surface area contributed by atoms with Gasteiger partial charge in [-0.25, -0.2) is 29.9 Å². The van der Waals surface area contributed by atoms with E-state index >= 15 is 0 Å². The van der Waals surface area contributed by atoms with Gasteiger partial charge in [0.2, 0.25) is 0 Å². The third-order valence-electron chi connectivity index (χ3n) is 11.5. The standard InChI is InChI=1S/C52H32N8O2Si/c1-3-11-33(12-4-1)47-55-48(34-13-5-2-6-14-34)58-51(57-47)37-19-21-45-41(31-37)61-39-15-7-9-17-43(39)63(45)44-18-10-8-16-40(44)62-42-32-38(20-22-46(42)63)52-59-49(35-23-27-53-28-24-35)56-50(60-52)36-25-29-54-30-26-36/h1-32H. The molecular formula is C52H32N8O2Si. The summed E-state index contributed by atoms with van der Waals surface area (Å²) in [5.41, 5.74) is 5.08. The second-order valence-electron chi connectivity index (χ2n) is 15.2. The van der Waals surface area contributed by atoms with Crippen LogP contribution in [0.25, 0.3) is 68.3 Å². The monoisotopic (exact) mass is 828 g/mol. The van der Waals surface area contributed by atoms with Gasteiger partial charge < -0.3 is 9.47 Å². The van der Waals surface area contributed by atoms with Gasteiger partial charge in [-0.1, -0.05) is 121 Å². The Morgan fingerprint density at radius 2 is 0.587 bits per heavy atom.